The molecule has 0 aromatic heterocycles. The Morgan fingerprint density at radius 1 is 0.875 bits per heavy atom. The molecule has 0 heterocycles. The molecule has 0 radical (unpaired) electrons. The molecule has 0 aliphatic rings. The summed E-state index contributed by atoms with van der Waals surface area (Å²) in [6.07, 6.45) is -0.287. The monoisotopic (exact) mass is 214 g/mol. The van der Waals surface area contributed by atoms with Crippen LogP contribution in [0, 0.1) is 0 Å². The van der Waals surface area contributed by atoms with Gasteiger partial charge in [0.1, 0.15) is 6.10 Å². The Hall–Kier alpha value is -1.64. The normalized spacial score (nSPS) is 12.4. The van der Waals surface area contributed by atoms with Crippen molar-refractivity contribution < 1.29 is 10.1 Å². The van der Waals surface area contributed by atoms with E-state index in [9.17, 15) is 0 Å². The van der Waals surface area contributed by atoms with Crippen LogP contribution in [0.1, 0.15) is 18.6 Å². The van der Waals surface area contributed by atoms with Crippen molar-refractivity contribution in [3.63, 3.8) is 0 Å². The number of hydrogen-bond donors (Lipinski definition) is 1. The van der Waals surface area contributed by atoms with Gasteiger partial charge in [-0.1, -0.05) is 54.6 Å². The Kier molecular flexibility index (Phi) is 3.34. The van der Waals surface area contributed by atoms with Crippen LogP contribution in [0.5, 0.6) is 0 Å². The fourth-order valence-electron chi connectivity index (χ4n) is 1.64. The van der Waals surface area contributed by atoms with E-state index in [0.717, 1.165) is 11.1 Å². The van der Waals surface area contributed by atoms with Crippen molar-refractivity contribution in [3.05, 3.63) is 60.2 Å². The molecule has 1 atom stereocenters. The van der Waals surface area contributed by atoms with Gasteiger partial charge in [0.25, 0.3) is 0 Å². The van der Waals surface area contributed by atoms with Gasteiger partial charge < -0.3 is 0 Å². The van der Waals surface area contributed by atoms with Crippen molar-refractivity contribution >= 4 is 0 Å². The zero-order valence-corrected chi connectivity index (χ0v) is 9.13. The molecule has 0 bridgehead atoms. The fourth-order valence-corrected chi connectivity index (χ4v) is 1.64. The van der Waals surface area contributed by atoms with E-state index < -0.39 is 0 Å². The third kappa shape index (κ3) is 2.30. The van der Waals surface area contributed by atoms with Gasteiger partial charge in [-0.05, 0) is 23.6 Å². The molecule has 1 N–H and O–H groups in total. The van der Waals surface area contributed by atoms with Gasteiger partial charge in [-0.15, -0.1) is 0 Å². The smallest absolute Gasteiger partial charge is 0.115 e. The molecule has 16 heavy (non-hydrogen) atoms. The highest BCUT2D eigenvalue weighted by atomic mass is 17.1. The van der Waals surface area contributed by atoms with Crippen molar-refractivity contribution in [1.29, 1.82) is 0 Å². The van der Waals surface area contributed by atoms with E-state index in [1.807, 2.05) is 42.5 Å². The molecule has 2 heteroatoms. The molecule has 0 amide bonds. The van der Waals surface area contributed by atoms with Crippen LogP contribution in [0.15, 0.2) is 54.6 Å². The van der Waals surface area contributed by atoms with Crippen LogP contribution in [0.2, 0.25) is 0 Å². The van der Waals surface area contributed by atoms with E-state index >= 15 is 0 Å². The van der Waals surface area contributed by atoms with Gasteiger partial charge in [-0.2, -0.15) is 0 Å². The number of benzene rings is 2. The lowest BCUT2D eigenvalue weighted by Gasteiger charge is -2.08. The first-order valence-corrected chi connectivity index (χ1v) is 5.27. The van der Waals surface area contributed by atoms with Crippen molar-refractivity contribution in [2.45, 2.75) is 13.0 Å². The quantitative estimate of drug-likeness (QED) is 0.620. The molecular formula is C14H14O2. The van der Waals surface area contributed by atoms with Crippen LogP contribution in [-0.2, 0) is 4.89 Å². The summed E-state index contributed by atoms with van der Waals surface area (Å²) >= 11 is 0. The second-order valence-corrected chi connectivity index (χ2v) is 3.74. The van der Waals surface area contributed by atoms with Crippen molar-refractivity contribution in [2.75, 3.05) is 0 Å². The summed E-state index contributed by atoms with van der Waals surface area (Å²) in [5.41, 5.74) is 3.31. The zero-order valence-electron chi connectivity index (χ0n) is 9.13. The Morgan fingerprint density at radius 3 is 2.00 bits per heavy atom. The SMILES string of the molecule is C[C@@H](OO)c1ccc(-c2ccccc2)cc1. The molecule has 0 spiro atoms. The third-order valence-corrected chi connectivity index (χ3v) is 2.65. The largest absolute Gasteiger partial charge is 0.251 e. The lowest BCUT2D eigenvalue weighted by Crippen LogP contribution is -1.95. The molecule has 2 aromatic carbocycles. The van der Waals surface area contributed by atoms with E-state index in [2.05, 4.69) is 17.0 Å². The van der Waals surface area contributed by atoms with Crippen molar-refractivity contribution in [1.82, 2.24) is 0 Å². The maximum Gasteiger partial charge on any atom is 0.115 e. The molecule has 0 fully saturated rings. The average Bonchev–Trinajstić information content (AvgIpc) is 2.39. The Balaban J connectivity index is 2.26. The first-order valence-electron chi connectivity index (χ1n) is 5.27. The van der Waals surface area contributed by atoms with E-state index in [0.29, 0.717) is 0 Å². The van der Waals surface area contributed by atoms with Gasteiger partial charge >= 0.3 is 0 Å². The predicted molar refractivity (Wildman–Crippen MR) is 64.0 cm³/mol. The molecular weight excluding hydrogens is 200 g/mol. The maximum absolute atomic E-state index is 8.57. The van der Waals surface area contributed by atoms with Crippen molar-refractivity contribution in [3.8, 4) is 11.1 Å². The minimum atomic E-state index is -0.287. The summed E-state index contributed by atoms with van der Waals surface area (Å²) in [5.74, 6) is 0. The molecule has 2 rings (SSSR count). The van der Waals surface area contributed by atoms with Gasteiger partial charge in [-0.3, -0.25) is 5.26 Å². The van der Waals surface area contributed by atoms with Gasteiger partial charge in [0, 0.05) is 0 Å². The van der Waals surface area contributed by atoms with Crippen LogP contribution in [0.25, 0.3) is 11.1 Å². The Labute approximate surface area is 95.1 Å². The summed E-state index contributed by atoms with van der Waals surface area (Å²) < 4.78 is 0. The highest BCUT2D eigenvalue weighted by molar-refractivity contribution is 5.63. The standard InChI is InChI=1S/C14H14O2/c1-11(16-15)12-7-9-14(10-8-12)13-5-3-2-4-6-13/h2-11,15H,1H3/t11-/m1/s1. The third-order valence-electron chi connectivity index (χ3n) is 2.65. The molecule has 2 nitrogen and oxygen atoms in total. The predicted octanol–water partition coefficient (Wildman–Crippen LogP) is 3.90. The summed E-state index contributed by atoms with van der Waals surface area (Å²) in [6, 6.07) is 18.2. The molecule has 2 aromatic rings. The fraction of sp³-hybridized carbons (Fsp3) is 0.143. The van der Waals surface area contributed by atoms with Crippen LogP contribution in [0.4, 0.5) is 0 Å². The van der Waals surface area contributed by atoms with E-state index in [1.165, 1.54) is 5.56 Å². The summed E-state index contributed by atoms with van der Waals surface area (Å²) in [6.45, 7) is 1.80. The molecule has 0 aliphatic heterocycles. The van der Waals surface area contributed by atoms with Gasteiger partial charge in [0.15, 0.2) is 0 Å². The van der Waals surface area contributed by atoms with Crippen LogP contribution in [-0.4, -0.2) is 5.26 Å². The molecule has 0 saturated heterocycles. The van der Waals surface area contributed by atoms with Gasteiger partial charge in [-0.25, -0.2) is 4.89 Å². The van der Waals surface area contributed by atoms with E-state index in [1.54, 1.807) is 6.92 Å². The first kappa shape index (κ1) is 10.9. The molecule has 82 valence electrons. The lowest BCUT2D eigenvalue weighted by atomic mass is 10.0. The van der Waals surface area contributed by atoms with Crippen LogP contribution < -0.4 is 0 Å². The summed E-state index contributed by atoms with van der Waals surface area (Å²) in [7, 11) is 0. The number of rotatable bonds is 3. The Morgan fingerprint density at radius 2 is 1.44 bits per heavy atom. The van der Waals surface area contributed by atoms with Gasteiger partial charge in [0.05, 0.1) is 0 Å². The summed E-state index contributed by atoms with van der Waals surface area (Å²) in [4.78, 5) is 4.28. The highest BCUT2D eigenvalue weighted by Gasteiger charge is 2.04. The van der Waals surface area contributed by atoms with Crippen LogP contribution >= 0.6 is 0 Å². The lowest BCUT2D eigenvalue weighted by molar-refractivity contribution is -0.277. The molecule has 0 saturated carbocycles. The minimum Gasteiger partial charge on any atom is -0.251 e. The highest BCUT2D eigenvalue weighted by Crippen LogP contribution is 2.22. The first-order chi connectivity index (χ1) is 7.81. The van der Waals surface area contributed by atoms with E-state index in [-0.39, 0.29) is 6.10 Å². The minimum absolute atomic E-state index is 0.287. The zero-order chi connectivity index (χ0) is 11.4. The second kappa shape index (κ2) is 4.92. The van der Waals surface area contributed by atoms with Crippen molar-refractivity contribution in [2.24, 2.45) is 0 Å². The maximum atomic E-state index is 8.57. The average molecular weight is 214 g/mol. The van der Waals surface area contributed by atoms with Gasteiger partial charge in [0.2, 0.25) is 0 Å². The molecule has 0 aliphatic carbocycles. The number of hydrogen-bond acceptors (Lipinski definition) is 2. The molecule has 0 unspecified atom stereocenters. The van der Waals surface area contributed by atoms with E-state index in [4.69, 9.17) is 5.26 Å². The topological polar surface area (TPSA) is 29.5 Å². The second-order valence-electron chi connectivity index (χ2n) is 3.74. The van der Waals surface area contributed by atoms with Crippen LogP contribution in [0.3, 0.4) is 0 Å². The Bertz CT molecular complexity index is 434. The summed E-state index contributed by atoms with van der Waals surface area (Å²) in [5, 5.41) is 8.57.